The van der Waals surface area contributed by atoms with Gasteiger partial charge >= 0.3 is 5.97 Å². The van der Waals surface area contributed by atoms with Crippen LogP contribution in [0.25, 0.3) is 0 Å². The van der Waals surface area contributed by atoms with Gasteiger partial charge in [0.1, 0.15) is 0 Å². The SMILES string of the molecule is CC1(C)CCCN1S(=O)(=O)CCC(=O)O. The van der Waals surface area contributed by atoms with Crippen LogP contribution in [-0.4, -0.2) is 41.6 Å². The summed E-state index contributed by atoms with van der Waals surface area (Å²) in [7, 11) is -3.41. The van der Waals surface area contributed by atoms with E-state index in [2.05, 4.69) is 0 Å². The van der Waals surface area contributed by atoms with Gasteiger partial charge in [0.15, 0.2) is 0 Å². The Balaban J connectivity index is 2.73. The molecule has 1 N–H and O–H groups in total. The maximum atomic E-state index is 11.8. The molecule has 0 spiro atoms. The molecule has 15 heavy (non-hydrogen) atoms. The lowest BCUT2D eigenvalue weighted by atomic mass is 10.0. The third-order valence-corrected chi connectivity index (χ3v) is 4.80. The number of rotatable bonds is 4. The van der Waals surface area contributed by atoms with Crippen molar-refractivity contribution in [3.05, 3.63) is 0 Å². The lowest BCUT2D eigenvalue weighted by molar-refractivity contribution is -0.136. The average Bonchev–Trinajstić information content (AvgIpc) is 2.42. The number of nitrogens with zero attached hydrogens (tertiary/aromatic N) is 1. The maximum Gasteiger partial charge on any atom is 0.304 e. The zero-order valence-electron chi connectivity index (χ0n) is 9.06. The van der Waals surface area contributed by atoms with Crippen LogP contribution in [0.4, 0.5) is 0 Å². The second-order valence-electron chi connectivity index (χ2n) is 4.45. The summed E-state index contributed by atoms with van der Waals surface area (Å²) in [4.78, 5) is 10.3. The molecule has 0 radical (unpaired) electrons. The molecule has 1 fully saturated rings. The van der Waals surface area contributed by atoms with Crippen LogP contribution in [0.1, 0.15) is 33.1 Å². The minimum atomic E-state index is -3.41. The molecule has 6 heteroatoms. The van der Waals surface area contributed by atoms with Crippen LogP contribution in [0, 0.1) is 0 Å². The predicted octanol–water partition coefficient (Wildman–Crippen LogP) is 0.665. The Labute approximate surface area is 90.1 Å². The van der Waals surface area contributed by atoms with Crippen molar-refractivity contribution < 1.29 is 18.3 Å². The van der Waals surface area contributed by atoms with E-state index in [9.17, 15) is 13.2 Å². The second-order valence-corrected chi connectivity index (χ2v) is 6.46. The highest BCUT2D eigenvalue weighted by atomic mass is 32.2. The molecule has 1 saturated heterocycles. The van der Waals surface area contributed by atoms with Gasteiger partial charge in [0.05, 0.1) is 12.2 Å². The quantitative estimate of drug-likeness (QED) is 0.777. The number of sulfonamides is 1. The normalized spacial score (nSPS) is 21.7. The first-order chi connectivity index (χ1) is 6.76. The van der Waals surface area contributed by atoms with E-state index in [0.29, 0.717) is 6.54 Å². The Morgan fingerprint density at radius 1 is 1.47 bits per heavy atom. The molecule has 1 aliphatic rings. The van der Waals surface area contributed by atoms with Gasteiger partial charge in [-0.3, -0.25) is 4.79 Å². The highest BCUT2D eigenvalue weighted by Crippen LogP contribution is 2.31. The third kappa shape index (κ3) is 2.92. The fourth-order valence-electron chi connectivity index (χ4n) is 1.92. The fourth-order valence-corrected chi connectivity index (χ4v) is 3.83. The monoisotopic (exact) mass is 235 g/mol. The maximum absolute atomic E-state index is 11.8. The van der Waals surface area contributed by atoms with E-state index in [0.717, 1.165) is 12.8 Å². The molecule has 0 aliphatic carbocycles. The first kappa shape index (κ1) is 12.4. The van der Waals surface area contributed by atoms with E-state index >= 15 is 0 Å². The summed E-state index contributed by atoms with van der Waals surface area (Å²) < 4.78 is 25.1. The summed E-state index contributed by atoms with van der Waals surface area (Å²) in [5.41, 5.74) is -0.364. The van der Waals surface area contributed by atoms with Gasteiger partial charge in [-0.1, -0.05) is 0 Å². The van der Waals surface area contributed by atoms with Crippen LogP contribution in [0.2, 0.25) is 0 Å². The Morgan fingerprint density at radius 2 is 2.07 bits per heavy atom. The zero-order chi connectivity index (χ0) is 11.7. The van der Waals surface area contributed by atoms with E-state index in [4.69, 9.17) is 5.11 Å². The van der Waals surface area contributed by atoms with Crippen LogP contribution in [0.15, 0.2) is 0 Å². The largest absolute Gasteiger partial charge is 0.481 e. The van der Waals surface area contributed by atoms with Gasteiger partial charge in [-0.2, -0.15) is 4.31 Å². The third-order valence-electron chi connectivity index (χ3n) is 2.73. The van der Waals surface area contributed by atoms with Crippen molar-refractivity contribution in [1.29, 1.82) is 0 Å². The van der Waals surface area contributed by atoms with Gasteiger partial charge < -0.3 is 5.11 Å². The summed E-state index contributed by atoms with van der Waals surface area (Å²) in [5, 5.41) is 8.47. The van der Waals surface area contributed by atoms with Crippen LogP contribution >= 0.6 is 0 Å². The number of hydrogen-bond donors (Lipinski definition) is 1. The van der Waals surface area contributed by atoms with Crippen molar-refractivity contribution in [3.8, 4) is 0 Å². The second kappa shape index (κ2) is 4.09. The van der Waals surface area contributed by atoms with Crippen molar-refractivity contribution >= 4 is 16.0 Å². The molecule has 88 valence electrons. The Bertz CT molecular complexity index is 347. The molecule has 0 amide bonds. The minimum Gasteiger partial charge on any atom is -0.481 e. The Hall–Kier alpha value is -0.620. The predicted molar refractivity (Wildman–Crippen MR) is 56.1 cm³/mol. The Morgan fingerprint density at radius 3 is 2.47 bits per heavy atom. The molecule has 1 rings (SSSR count). The lowest BCUT2D eigenvalue weighted by Crippen LogP contribution is -2.43. The van der Waals surface area contributed by atoms with Gasteiger partial charge in [0.25, 0.3) is 0 Å². The molecule has 1 aliphatic heterocycles. The standard InChI is InChI=1S/C9H17NO4S/c1-9(2)5-3-6-10(9)15(13,14)7-4-8(11)12/h3-7H2,1-2H3,(H,11,12). The van der Waals surface area contributed by atoms with Gasteiger partial charge in [-0.25, -0.2) is 8.42 Å². The smallest absolute Gasteiger partial charge is 0.304 e. The summed E-state index contributed by atoms with van der Waals surface area (Å²) in [6.07, 6.45) is 1.35. The highest BCUT2D eigenvalue weighted by molar-refractivity contribution is 7.89. The zero-order valence-corrected chi connectivity index (χ0v) is 9.88. The number of carboxylic acid groups (broad SMARTS) is 1. The van der Waals surface area contributed by atoms with E-state index in [-0.39, 0.29) is 17.7 Å². The fraction of sp³-hybridized carbons (Fsp3) is 0.889. The van der Waals surface area contributed by atoms with Crippen molar-refractivity contribution in [3.63, 3.8) is 0 Å². The molecule has 5 nitrogen and oxygen atoms in total. The summed E-state index contributed by atoms with van der Waals surface area (Å²) in [6, 6.07) is 0. The van der Waals surface area contributed by atoms with Gasteiger partial charge in [0.2, 0.25) is 10.0 Å². The van der Waals surface area contributed by atoms with Crippen molar-refractivity contribution in [1.82, 2.24) is 4.31 Å². The molecular weight excluding hydrogens is 218 g/mol. The number of hydrogen-bond acceptors (Lipinski definition) is 3. The van der Waals surface area contributed by atoms with Crippen molar-refractivity contribution in [2.24, 2.45) is 0 Å². The van der Waals surface area contributed by atoms with E-state index in [1.807, 2.05) is 13.8 Å². The molecular formula is C9H17NO4S. The van der Waals surface area contributed by atoms with Crippen LogP contribution in [-0.2, 0) is 14.8 Å². The topological polar surface area (TPSA) is 74.7 Å². The van der Waals surface area contributed by atoms with Gasteiger partial charge in [-0.05, 0) is 26.7 Å². The van der Waals surface area contributed by atoms with E-state index < -0.39 is 16.0 Å². The minimum absolute atomic E-state index is 0.300. The molecule has 0 saturated carbocycles. The molecule has 0 atom stereocenters. The first-order valence-corrected chi connectivity index (χ1v) is 6.59. The lowest BCUT2D eigenvalue weighted by Gasteiger charge is -2.30. The number of aliphatic carboxylic acids is 1. The molecule has 0 aromatic carbocycles. The molecule has 0 bridgehead atoms. The van der Waals surface area contributed by atoms with Crippen molar-refractivity contribution in [2.75, 3.05) is 12.3 Å². The average molecular weight is 235 g/mol. The van der Waals surface area contributed by atoms with E-state index in [1.54, 1.807) is 0 Å². The van der Waals surface area contributed by atoms with Crippen LogP contribution in [0.5, 0.6) is 0 Å². The summed E-state index contributed by atoms with van der Waals surface area (Å²) >= 11 is 0. The molecule has 0 aromatic rings. The van der Waals surface area contributed by atoms with Crippen LogP contribution in [0.3, 0.4) is 0 Å². The van der Waals surface area contributed by atoms with Gasteiger partial charge in [-0.15, -0.1) is 0 Å². The van der Waals surface area contributed by atoms with E-state index in [1.165, 1.54) is 4.31 Å². The molecule has 0 aromatic heterocycles. The van der Waals surface area contributed by atoms with Crippen molar-refractivity contribution in [2.45, 2.75) is 38.6 Å². The number of carbonyl (C=O) groups is 1. The molecule has 1 heterocycles. The van der Waals surface area contributed by atoms with Crippen LogP contribution < -0.4 is 0 Å². The highest BCUT2D eigenvalue weighted by Gasteiger charge is 2.39. The number of carboxylic acids is 1. The summed E-state index contributed by atoms with van der Waals surface area (Å²) in [6.45, 7) is 4.26. The van der Waals surface area contributed by atoms with Gasteiger partial charge in [0, 0.05) is 12.1 Å². The first-order valence-electron chi connectivity index (χ1n) is 4.98. The Kier molecular flexibility index (Phi) is 3.40. The summed E-state index contributed by atoms with van der Waals surface area (Å²) in [5.74, 6) is -1.37. The molecule has 0 unspecified atom stereocenters.